The highest BCUT2D eigenvalue weighted by atomic mass is 16.6. The lowest BCUT2D eigenvalue weighted by Crippen LogP contribution is -2.37. The zero-order valence-electron chi connectivity index (χ0n) is 14.5. The van der Waals surface area contributed by atoms with Gasteiger partial charge in [0.1, 0.15) is 0 Å². The summed E-state index contributed by atoms with van der Waals surface area (Å²) in [6.07, 6.45) is 5.75. The highest BCUT2D eigenvalue weighted by Crippen LogP contribution is 2.44. The number of non-ortho nitro benzene ring substituents is 1. The van der Waals surface area contributed by atoms with E-state index in [-0.39, 0.29) is 30.5 Å². The zero-order chi connectivity index (χ0) is 19.0. The highest BCUT2D eigenvalue weighted by Gasteiger charge is 2.33. The van der Waals surface area contributed by atoms with E-state index in [2.05, 4.69) is 5.92 Å². The molecule has 0 fully saturated rings. The van der Waals surface area contributed by atoms with Crippen molar-refractivity contribution in [2.75, 3.05) is 11.4 Å². The van der Waals surface area contributed by atoms with Crippen LogP contribution in [0.5, 0.6) is 0 Å². The first-order valence-electron chi connectivity index (χ1n) is 8.60. The van der Waals surface area contributed by atoms with Gasteiger partial charge in [-0.25, -0.2) is 0 Å². The summed E-state index contributed by atoms with van der Waals surface area (Å²) in [4.78, 5) is 24.9. The van der Waals surface area contributed by atoms with Gasteiger partial charge in [-0.15, -0.1) is 6.42 Å². The number of nitrogens with zero attached hydrogens (tertiary/aromatic N) is 2. The lowest BCUT2D eigenvalue weighted by Gasteiger charge is -2.34. The van der Waals surface area contributed by atoms with Gasteiger partial charge in [0.25, 0.3) is 5.69 Å². The summed E-state index contributed by atoms with van der Waals surface area (Å²) in [5, 5.41) is 13.1. The molecule has 0 aromatic heterocycles. The second-order valence-electron chi connectivity index (χ2n) is 6.51. The molecule has 0 saturated carbocycles. The third kappa shape index (κ3) is 2.81. The average Bonchev–Trinajstić information content (AvgIpc) is 2.69. The monoisotopic (exact) mass is 356 g/mol. The number of anilines is 1. The van der Waals surface area contributed by atoms with Crippen molar-refractivity contribution in [3.05, 3.63) is 81.9 Å². The second kappa shape index (κ2) is 6.58. The molecule has 0 N–H and O–H groups in total. The van der Waals surface area contributed by atoms with E-state index in [1.165, 1.54) is 12.1 Å². The molecular formula is C22H16N2O3. The Hall–Kier alpha value is -3.65. The molecule has 3 aromatic rings. The van der Waals surface area contributed by atoms with Crippen molar-refractivity contribution in [3.8, 4) is 12.3 Å². The number of nitro benzene ring substituents is 1. The van der Waals surface area contributed by atoms with Crippen molar-refractivity contribution in [3.63, 3.8) is 0 Å². The molecule has 0 bridgehead atoms. The first kappa shape index (κ1) is 16.8. The van der Waals surface area contributed by atoms with Crippen molar-refractivity contribution >= 4 is 28.1 Å². The van der Waals surface area contributed by atoms with Crippen LogP contribution in [0.3, 0.4) is 0 Å². The van der Waals surface area contributed by atoms with Crippen LogP contribution in [0.2, 0.25) is 0 Å². The fourth-order valence-corrected chi connectivity index (χ4v) is 3.78. The molecule has 1 heterocycles. The van der Waals surface area contributed by atoms with Gasteiger partial charge in [-0.2, -0.15) is 0 Å². The van der Waals surface area contributed by atoms with Gasteiger partial charge in [0.2, 0.25) is 5.91 Å². The maximum Gasteiger partial charge on any atom is 0.269 e. The van der Waals surface area contributed by atoms with E-state index in [9.17, 15) is 14.9 Å². The van der Waals surface area contributed by atoms with E-state index in [1.807, 2.05) is 36.4 Å². The number of rotatable bonds is 3. The summed E-state index contributed by atoms with van der Waals surface area (Å²) in [5.74, 6) is 2.35. The van der Waals surface area contributed by atoms with Crippen LogP contribution < -0.4 is 4.90 Å². The summed E-state index contributed by atoms with van der Waals surface area (Å²) >= 11 is 0. The minimum absolute atomic E-state index is 0.0352. The summed E-state index contributed by atoms with van der Waals surface area (Å²) in [6.45, 7) is 0.219. The van der Waals surface area contributed by atoms with Gasteiger partial charge in [-0.05, 0) is 28.0 Å². The molecule has 0 saturated heterocycles. The smallest absolute Gasteiger partial charge is 0.269 e. The van der Waals surface area contributed by atoms with Crippen LogP contribution >= 0.6 is 0 Å². The lowest BCUT2D eigenvalue weighted by molar-refractivity contribution is -0.384. The molecule has 0 aliphatic carbocycles. The molecule has 1 atom stereocenters. The number of fused-ring (bicyclic) bond motifs is 3. The molecule has 27 heavy (non-hydrogen) atoms. The summed E-state index contributed by atoms with van der Waals surface area (Å²) in [5.41, 5.74) is 2.77. The van der Waals surface area contributed by atoms with E-state index < -0.39 is 4.92 Å². The van der Waals surface area contributed by atoms with E-state index in [1.54, 1.807) is 17.0 Å². The third-order valence-corrected chi connectivity index (χ3v) is 5.02. The lowest BCUT2D eigenvalue weighted by atomic mass is 9.81. The van der Waals surface area contributed by atoms with Gasteiger partial charge < -0.3 is 4.90 Å². The fourth-order valence-electron chi connectivity index (χ4n) is 3.78. The average molecular weight is 356 g/mol. The molecule has 1 aliphatic rings. The number of carbonyl (C=O) groups excluding carboxylic acids is 1. The predicted molar refractivity (Wildman–Crippen MR) is 105 cm³/mol. The Bertz CT molecular complexity index is 1100. The van der Waals surface area contributed by atoms with Crippen LogP contribution in [0.15, 0.2) is 60.7 Å². The van der Waals surface area contributed by atoms with Gasteiger partial charge >= 0.3 is 0 Å². The molecule has 5 heteroatoms. The van der Waals surface area contributed by atoms with Gasteiger partial charge in [0.05, 0.1) is 11.5 Å². The first-order valence-corrected chi connectivity index (χ1v) is 8.60. The van der Waals surface area contributed by atoms with E-state index >= 15 is 0 Å². The van der Waals surface area contributed by atoms with Crippen molar-refractivity contribution < 1.29 is 9.72 Å². The Labute approximate surface area is 156 Å². The third-order valence-electron chi connectivity index (χ3n) is 5.02. The Balaban J connectivity index is 1.93. The van der Waals surface area contributed by atoms with Crippen LogP contribution in [-0.4, -0.2) is 17.4 Å². The highest BCUT2D eigenvalue weighted by molar-refractivity contribution is 6.03. The SMILES string of the molecule is C#CCN1C(=O)CC(c2ccc([N+](=O)[O-])cc2)c2c1ccc1ccccc21. The number of amides is 1. The molecule has 4 rings (SSSR count). The largest absolute Gasteiger partial charge is 0.300 e. The predicted octanol–water partition coefficient (Wildman–Crippen LogP) is 4.25. The molecule has 1 aliphatic heterocycles. The maximum atomic E-state index is 12.8. The number of benzene rings is 3. The zero-order valence-corrected chi connectivity index (χ0v) is 14.5. The molecule has 0 spiro atoms. The molecule has 5 nitrogen and oxygen atoms in total. The Morgan fingerprint density at radius 3 is 2.56 bits per heavy atom. The Morgan fingerprint density at radius 1 is 1.11 bits per heavy atom. The molecule has 1 amide bonds. The van der Waals surface area contributed by atoms with Crippen molar-refractivity contribution in [2.24, 2.45) is 0 Å². The summed E-state index contributed by atoms with van der Waals surface area (Å²) < 4.78 is 0. The second-order valence-corrected chi connectivity index (χ2v) is 6.51. The van der Waals surface area contributed by atoms with Crippen molar-refractivity contribution in [2.45, 2.75) is 12.3 Å². The van der Waals surface area contributed by atoms with Crippen LogP contribution in [0, 0.1) is 22.5 Å². The van der Waals surface area contributed by atoms with Gasteiger partial charge in [0, 0.05) is 30.2 Å². The minimum Gasteiger partial charge on any atom is -0.300 e. The molecule has 0 radical (unpaired) electrons. The summed E-state index contributed by atoms with van der Waals surface area (Å²) in [6, 6.07) is 18.4. The first-order chi connectivity index (χ1) is 13.1. The molecule has 3 aromatic carbocycles. The van der Waals surface area contributed by atoms with Gasteiger partial charge in [-0.3, -0.25) is 14.9 Å². The number of nitro groups is 1. The number of hydrogen-bond donors (Lipinski definition) is 0. The van der Waals surface area contributed by atoms with Crippen molar-refractivity contribution in [1.82, 2.24) is 0 Å². The van der Waals surface area contributed by atoms with Crippen molar-refractivity contribution in [1.29, 1.82) is 0 Å². The van der Waals surface area contributed by atoms with Crippen LogP contribution in [0.4, 0.5) is 11.4 Å². The van der Waals surface area contributed by atoms with Crippen LogP contribution in [-0.2, 0) is 4.79 Å². The van der Waals surface area contributed by atoms with Gasteiger partial charge in [-0.1, -0.05) is 48.4 Å². The Kier molecular flexibility index (Phi) is 4.09. The Morgan fingerprint density at radius 2 is 1.85 bits per heavy atom. The number of hydrogen-bond acceptors (Lipinski definition) is 3. The minimum atomic E-state index is -0.423. The number of terminal acetylenes is 1. The van der Waals surface area contributed by atoms with E-state index in [0.717, 1.165) is 27.6 Å². The molecule has 1 unspecified atom stereocenters. The molecular weight excluding hydrogens is 340 g/mol. The van der Waals surface area contributed by atoms with Crippen LogP contribution in [0.1, 0.15) is 23.5 Å². The van der Waals surface area contributed by atoms with E-state index in [0.29, 0.717) is 0 Å². The fraction of sp³-hybridized carbons (Fsp3) is 0.136. The normalized spacial score (nSPS) is 16.0. The summed E-state index contributed by atoms with van der Waals surface area (Å²) in [7, 11) is 0. The van der Waals surface area contributed by atoms with Crippen LogP contribution in [0.25, 0.3) is 10.8 Å². The topological polar surface area (TPSA) is 63.5 Å². The maximum absolute atomic E-state index is 12.8. The quantitative estimate of drug-likeness (QED) is 0.400. The molecule has 132 valence electrons. The van der Waals surface area contributed by atoms with Gasteiger partial charge in [0.15, 0.2) is 0 Å². The van der Waals surface area contributed by atoms with E-state index in [4.69, 9.17) is 6.42 Å². The number of carbonyl (C=O) groups is 1. The standard InChI is InChI=1S/C22H16N2O3/c1-2-13-23-20-12-9-15-5-3-4-6-18(15)22(20)19(14-21(23)25)16-7-10-17(11-8-16)24(26)27/h1,3-12,19H,13-14H2.